The zero-order chi connectivity index (χ0) is 19.0. The number of ether oxygens (including phenoxy) is 1. The molecule has 1 unspecified atom stereocenters. The van der Waals surface area contributed by atoms with Crippen molar-refractivity contribution in [3.05, 3.63) is 12.2 Å². The maximum absolute atomic E-state index is 6.16. The Morgan fingerprint density at radius 2 is 1.28 bits per heavy atom. The summed E-state index contributed by atoms with van der Waals surface area (Å²) in [7, 11) is -2.84. The van der Waals surface area contributed by atoms with Crippen LogP contribution in [0.4, 0.5) is 0 Å². The van der Waals surface area contributed by atoms with Crippen molar-refractivity contribution >= 4 is 8.80 Å². The molecule has 0 saturated carbocycles. The molecule has 0 amide bonds. The second kappa shape index (κ2) is 16.0. The van der Waals surface area contributed by atoms with Gasteiger partial charge in [0.05, 0.1) is 6.61 Å². The van der Waals surface area contributed by atoms with Crippen LogP contribution in [0, 0.1) is 0 Å². The fourth-order valence-electron chi connectivity index (χ4n) is 2.90. The van der Waals surface area contributed by atoms with Crippen LogP contribution < -0.4 is 0 Å². The maximum Gasteiger partial charge on any atom is 0.531 e. The van der Waals surface area contributed by atoms with Gasteiger partial charge in [-0.3, -0.25) is 0 Å². The summed E-state index contributed by atoms with van der Waals surface area (Å²) in [5.41, 5.74) is 0.900. The summed E-state index contributed by atoms with van der Waals surface area (Å²) in [6, 6.07) is 0. The highest BCUT2D eigenvalue weighted by molar-refractivity contribution is 6.62. The van der Waals surface area contributed by atoms with Crippen LogP contribution in [0.5, 0.6) is 0 Å². The first-order valence-corrected chi connectivity index (χ1v) is 12.0. The smallest absolute Gasteiger partial charge is 0.372 e. The van der Waals surface area contributed by atoms with Crippen LogP contribution in [-0.2, 0) is 18.0 Å². The summed E-state index contributed by atoms with van der Waals surface area (Å²) in [6.07, 6.45) is 9.88. The molecule has 0 aromatic rings. The lowest BCUT2D eigenvalue weighted by molar-refractivity contribution is -0.00754. The van der Waals surface area contributed by atoms with Gasteiger partial charge in [0.25, 0.3) is 0 Å². The van der Waals surface area contributed by atoms with Crippen LogP contribution in [0.3, 0.4) is 0 Å². The van der Waals surface area contributed by atoms with E-state index in [4.69, 9.17) is 18.0 Å². The third kappa shape index (κ3) is 11.2. The van der Waals surface area contributed by atoms with E-state index in [0.29, 0.717) is 26.4 Å². The normalized spacial score (nSPS) is 13.2. The molecule has 150 valence electrons. The third-order valence-electron chi connectivity index (χ3n) is 4.03. The van der Waals surface area contributed by atoms with E-state index in [1.165, 1.54) is 38.5 Å². The van der Waals surface area contributed by atoms with Gasteiger partial charge < -0.3 is 18.0 Å². The minimum atomic E-state index is -2.84. The van der Waals surface area contributed by atoms with Gasteiger partial charge in [-0.2, -0.15) is 0 Å². The summed E-state index contributed by atoms with van der Waals surface area (Å²) in [5.74, 6) is 0. The van der Waals surface area contributed by atoms with E-state index >= 15 is 0 Å². The molecule has 0 saturated heterocycles. The van der Waals surface area contributed by atoms with Crippen molar-refractivity contribution in [2.45, 2.75) is 91.7 Å². The van der Waals surface area contributed by atoms with Gasteiger partial charge >= 0.3 is 8.80 Å². The Hall–Kier alpha value is -0.203. The zero-order valence-electron chi connectivity index (χ0n) is 17.4. The molecule has 0 aliphatic rings. The van der Waals surface area contributed by atoms with Gasteiger partial charge in [0.15, 0.2) is 0 Å². The van der Waals surface area contributed by atoms with Crippen molar-refractivity contribution in [3.8, 4) is 0 Å². The molecule has 0 rings (SSSR count). The Morgan fingerprint density at radius 3 is 1.72 bits per heavy atom. The Labute approximate surface area is 157 Å². The van der Waals surface area contributed by atoms with Crippen molar-refractivity contribution in [2.75, 3.05) is 26.4 Å². The Morgan fingerprint density at radius 1 is 0.800 bits per heavy atom. The zero-order valence-corrected chi connectivity index (χ0v) is 18.4. The van der Waals surface area contributed by atoms with Crippen LogP contribution in [0.2, 0.25) is 0 Å². The van der Waals surface area contributed by atoms with Gasteiger partial charge in [-0.25, -0.2) is 0 Å². The summed E-state index contributed by atoms with van der Waals surface area (Å²) in [6.45, 7) is 16.4. The Bertz CT molecular complexity index is 306. The van der Waals surface area contributed by atoms with Crippen LogP contribution in [0.25, 0.3) is 0 Å². The van der Waals surface area contributed by atoms with Gasteiger partial charge in [0, 0.05) is 19.8 Å². The molecule has 5 heteroatoms. The van der Waals surface area contributed by atoms with Crippen LogP contribution in [-0.4, -0.2) is 41.0 Å². The highest BCUT2D eigenvalue weighted by Gasteiger charge is 2.50. The molecule has 1 atom stereocenters. The number of rotatable bonds is 18. The Balaban J connectivity index is 4.74. The van der Waals surface area contributed by atoms with Crippen molar-refractivity contribution < 1.29 is 18.0 Å². The molecular weight excluding hydrogens is 332 g/mol. The maximum atomic E-state index is 6.16. The van der Waals surface area contributed by atoms with E-state index < -0.39 is 8.80 Å². The summed E-state index contributed by atoms with van der Waals surface area (Å²) in [5, 5.41) is 0. The lowest BCUT2D eigenvalue weighted by Crippen LogP contribution is -2.57. The largest absolute Gasteiger partial charge is 0.531 e. The van der Waals surface area contributed by atoms with E-state index in [-0.39, 0.29) is 5.73 Å². The average Bonchev–Trinajstić information content (AvgIpc) is 2.57. The highest BCUT2D eigenvalue weighted by atomic mass is 28.4. The molecule has 0 heterocycles. The molecule has 0 aliphatic heterocycles. The summed E-state index contributed by atoms with van der Waals surface area (Å²) >= 11 is 0. The second-order valence-electron chi connectivity index (χ2n) is 6.57. The van der Waals surface area contributed by atoms with Gasteiger partial charge in [-0.15, -0.1) is 0 Å². The quantitative estimate of drug-likeness (QED) is 0.176. The molecule has 0 bridgehead atoms. The van der Waals surface area contributed by atoms with E-state index in [9.17, 15) is 0 Å². The van der Waals surface area contributed by atoms with E-state index in [1.807, 2.05) is 27.7 Å². The first-order valence-electron chi connectivity index (χ1n) is 10.2. The fourth-order valence-corrected chi connectivity index (χ4v) is 5.76. The van der Waals surface area contributed by atoms with Crippen molar-refractivity contribution in [3.63, 3.8) is 0 Å². The SMILES string of the molecule is C=C(C)COC(CCCCCCCCC)[Si](OCC)(OCC)OCC. The number of hydrogen-bond acceptors (Lipinski definition) is 4. The number of unbranched alkanes of at least 4 members (excludes halogenated alkanes) is 6. The van der Waals surface area contributed by atoms with Crippen LogP contribution >= 0.6 is 0 Å². The van der Waals surface area contributed by atoms with E-state index in [2.05, 4.69) is 13.5 Å². The van der Waals surface area contributed by atoms with Gasteiger partial charge in [-0.05, 0) is 34.1 Å². The minimum absolute atomic E-state index is 0.111. The van der Waals surface area contributed by atoms with Crippen molar-refractivity contribution in [2.24, 2.45) is 0 Å². The Kier molecular flexibility index (Phi) is 15.9. The third-order valence-corrected chi connectivity index (χ3v) is 7.35. The molecule has 0 aromatic heterocycles. The van der Waals surface area contributed by atoms with Crippen LogP contribution in [0.15, 0.2) is 12.2 Å². The second-order valence-corrected chi connectivity index (χ2v) is 9.29. The van der Waals surface area contributed by atoms with Crippen molar-refractivity contribution in [1.29, 1.82) is 0 Å². The predicted octanol–water partition coefficient (Wildman–Crippen LogP) is 5.68. The molecule has 0 N–H and O–H groups in total. The highest BCUT2D eigenvalue weighted by Crippen LogP contribution is 2.24. The standard InChI is InChI=1S/C20H42O4Si/c1-7-11-12-13-14-15-16-17-20(21-18-19(5)6)25(22-8-2,23-9-3)24-10-4/h20H,5,7-18H2,1-4,6H3. The molecule has 0 spiro atoms. The summed E-state index contributed by atoms with van der Waals surface area (Å²) < 4.78 is 24.3. The van der Waals surface area contributed by atoms with E-state index in [1.54, 1.807) is 0 Å². The molecule has 0 aromatic carbocycles. The topological polar surface area (TPSA) is 36.9 Å². The van der Waals surface area contributed by atoms with Gasteiger partial charge in [0.2, 0.25) is 0 Å². The monoisotopic (exact) mass is 374 g/mol. The molecule has 25 heavy (non-hydrogen) atoms. The lowest BCUT2D eigenvalue weighted by Gasteiger charge is -2.35. The first kappa shape index (κ1) is 24.8. The molecule has 0 radical (unpaired) electrons. The van der Waals surface area contributed by atoms with Gasteiger partial charge in [0.1, 0.15) is 5.73 Å². The molecule has 0 fully saturated rings. The predicted molar refractivity (Wildman–Crippen MR) is 108 cm³/mol. The fraction of sp³-hybridized carbons (Fsp3) is 0.900. The minimum Gasteiger partial charge on any atom is -0.372 e. The van der Waals surface area contributed by atoms with Gasteiger partial charge in [-0.1, -0.05) is 64.0 Å². The molecular formula is C20H42O4Si. The summed E-state index contributed by atoms with van der Waals surface area (Å²) in [4.78, 5) is 0. The van der Waals surface area contributed by atoms with Crippen LogP contribution in [0.1, 0.15) is 86.0 Å². The average molecular weight is 375 g/mol. The molecule has 0 aliphatic carbocycles. The number of hydrogen-bond donors (Lipinski definition) is 0. The van der Waals surface area contributed by atoms with Crippen molar-refractivity contribution in [1.82, 2.24) is 0 Å². The van der Waals surface area contributed by atoms with E-state index in [0.717, 1.165) is 18.4 Å². The lowest BCUT2D eigenvalue weighted by atomic mass is 10.1. The first-order chi connectivity index (χ1) is 12.1. The molecule has 4 nitrogen and oxygen atoms in total.